The molecule has 0 aromatic carbocycles. The van der Waals surface area contributed by atoms with Gasteiger partial charge in [0.15, 0.2) is 0 Å². The van der Waals surface area contributed by atoms with Crippen LogP contribution >= 0.6 is 0 Å². The van der Waals surface area contributed by atoms with E-state index in [0.717, 1.165) is 32.1 Å². The first kappa shape index (κ1) is 21.1. The minimum Gasteiger partial charge on any atom is -0.373 e. The molecule has 1 N–H and O–H groups in total. The molecule has 1 saturated carbocycles. The summed E-state index contributed by atoms with van der Waals surface area (Å²) < 4.78 is 5.85. The lowest BCUT2D eigenvalue weighted by Crippen LogP contribution is -2.49. The van der Waals surface area contributed by atoms with Crippen LogP contribution in [-0.4, -0.2) is 73.2 Å². The molecule has 3 rings (SSSR count). The predicted octanol–water partition coefficient (Wildman–Crippen LogP) is 3.04. The van der Waals surface area contributed by atoms with Gasteiger partial charge in [-0.15, -0.1) is 0 Å². The first-order valence-electron chi connectivity index (χ1n) is 11.5. The molecule has 5 heteroatoms. The highest BCUT2D eigenvalue weighted by molar-refractivity contribution is 5.78. The maximum absolute atomic E-state index is 12.5. The van der Waals surface area contributed by atoms with E-state index in [-0.39, 0.29) is 5.91 Å². The van der Waals surface area contributed by atoms with Crippen molar-refractivity contribution in [2.24, 2.45) is 5.92 Å². The van der Waals surface area contributed by atoms with Crippen molar-refractivity contribution in [3.8, 4) is 0 Å². The molecule has 0 bridgehead atoms. The highest BCUT2D eigenvalue weighted by Gasteiger charge is 2.27. The molecule has 0 aromatic rings. The summed E-state index contributed by atoms with van der Waals surface area (Å²) in [5.41, 5.74) is 0. The summed E-state index contributed by atoms with van der Waals surface area (Å²) >= 11 is 0. The summed E-state index contributed by atoms with van der Waals surface area (Å²) in [5, 5.41) is 3.32. The number of amides is 1. The number of carbonyl (C=O) groups excluding carboxylic acids is 1. The second kappa shape index (κ2) is 10.8. The van der Waals surface area contributed by atoms with Gasteiger partial charge in [0.25, 0.3) is 0 Å². The molecule has 3 fully saturated rings. The van der Waals surface area contributed by atoms with Gasteiger partial charge in [-0.3, -0.25) is 14.6 Å². The SMILES string of the molecule is CC1CN(CC2CCN(CC(=O)NC3CCCCCCC3)CC2)CC(C)O1. The highest BCUT2D eigenvalue weighted by Crippen LogP contribution is 2.21. The second-order valence-corrected chi connectivity index (χ2v) is 9.30. The summed E-state index contributed by atoms with van der Waals surface area (Å²) in [6.07, 6.45) is 12.1. The minimum absolute atomic E-state index is 0.245. The monoisotopic (exact) mass is 379 g/mol. The fraction of sp³-hybridized carbons (Fsp3) is 0.955. The molecule has 2 saturated heterocycles. The van der Waals surface area contributed by atoms with Crippen molar-refractivity contribution in [3.05, 3.63) is 0 Å². The van der Waals surface area contributed by atoms with Gasteiger partial charge < -0.3 is 10.1 Å². The van der Waals surface area contributed by atoms with Crippen LogP contribution in [-0.2, 0) is 9.53 Å². The van der Waals surface area contributed by atoms with Crippen LogP contribution in [0.2, 0.25) is 0 Å². The second-order valence-electron chi connectivity index (χ2n) is 9.30. The van der Waals surface area contributed by atoms with Gasteiger partial charge in [-0.2, -0.15) is 0 Å². The smallest absolute Gasteiger partial charge is 0.234 e. The Morgan fingerprint density at radius 3 is 2.11 bits per heavy atom. The van der Waals surface area contributed by atoms with E-state index in [1.165, 1.54) is 64.3 Å². The summed E-state index contributed by atoms with van der Waals surface area (Å²) in [6.45, 7) is 10.4. The zero-order chi connectivity index (χ0) is 19.1. The van der Waals surface area contributed by atoms with Crippen LogP contribution in [0.25, 0.3) is 0 Å². The average Bonchev–Trinajstić information content (AvgIpc) is 2.58. The van der Waals surface area contributed by atoms with Crippen LogP contribution in [0.15, 0.2) is 0 Å². The van der Waals surface area contributed by atoms with Gasteiger partial charge in [-0.1, -0.05) is 32.1 Å². The van der Waals surface area contributed by atoms with E-state index in [2.05, 4.69) is 29.0 Å². The minimum atomic E-state index is 0.245. The van der Waals surface area contributed by atoms with Crippen LogP contribution in [0, 0.1) is 5.92 Å². The van der Waals surface area contributed by atoms with E-state index < -0.39 is 0 Å². The Hall–Kier alpha value is -0.650. The maximum Gasteiger partial charge on any atom is 0.234 e. The largest absolute Gasteiger partial charge is 0.373 e. The topological polar surface area (TPSA) is 44.8 Å². The molecule has 27 heavy (non-hydrogen) atoms. The summed E-state index contributed by atoms with van der Waals surface area (Å²) in [4.78, 5) is 17.4. The van der Waals surface area contributed by atoms with Gasteiger partial charge in [0, 0.05) is 25.7 Å². The van der Waals surface area contributed by atoms with Gasteiger partial charge >= 0.3 is 0 Å². The van der Waals surface area contributed by atoms with Gasteiger partial charge in [0.1, 0.15) is 0 Å². The Kier molecular flexibility index (Phi) is 8.41. The molecule has 2 aliphatic heterocycles. The molecule has 2 heterocycles. The highest BCUT2D eigenvalue weighted by atomic mass is 16.5. The number of rotatable bonds is 5. The lowest BCUT2D eigenvalue weighted by atomic mass is 9.95. The normalized spacial score (nSPS) is 30.6. The molecule has 1 amide bonds. The Balaban J connectivity index is 1.33. The van der Waals surface area contributed by atoms with Crippen molar-refractivity contribution >= 4 is 5.91 Å². The number of hydrogen-bond donors (Lipinski definition) is 1. The van der Waals surface area contributed by atoms with Gasteiger partial charge in [-0.05, 0) is 58.5 Å². The first-order valence-corrected chi connectivity index (χ1v) is 11.5. The fourth-order valence-electron chi connectivity index (χ4n) is 5.20. The lowest BCUT2D eigenvalue weighted by molar-refractivity contribution is -0.123. The standard InChI is InChI=1S/C22H41N3O2/c1-18-14-25(15-19(2)27-18)16-20-10-12-24(13-11-20)17-22(26)23-21-8-6-4-3-5-7-9-21/h18-21H,3-17H2,1-2H3,(H,23,26). The Labute approximate surface area is 166 Å². The zero-order valence-electron chi connectivity index (χ0n) is 17.6. The number of morpholine rings is 1. The molecule has 2 atom stereocenters. The van der Waals surface area contributed by atoms with Crippen molar-refractivity contribution in [1.82, 2.24) is 15.1 Å². The molecule has 0 spiro atoms. The van der Waals surface area contributed by atoms with E-state index in [4.69, 9.17) is 4.74 Å². The summed E-state index contributed by atoms with van der Waals surface area (Å²) in [6, 6.07) is 0.417. The van der Waals surface area contributed by atoms with Gasteiger partial charge in [0.2, 0.25) is 5.91 Å². The van der Waals surface area contributed by atoms with E-state index in [0.29, 0.717) is 24.8 Å². The number of hydrogen-bond acceptors (Lipinski definition) is 4. The molecule has 5 nitrogen and oxygen atoms in total. The Morgan fingerprint density at radius 2 is 1.48 bits per heavy atom. The molecule has 0 radical (unpaired) electrons. The average molecular weight is 380 g/mol. The summed E-state index contributed by atoms with van der Waals surface area (Å²) in [7, 11) is 0. The first-order chi connectivity index (χ1) is 13.1. The van der Waals surface area contributed by atoms with Gasteiger partial charge in [-0.25, -0.2) is 0 Å². The third-order valence-electron chi connectivity index (χ3n) is 6.56. The third kappa shape index (κ3) is 7.35. The van der Waals surface area contributed by atoms with Crippen molar-refractivity contribution < 1.29 is 9.53 Å². The van der Waals surface area contributed by atoms with Crippen molar-refractivity contribution in [2.75, 3.05) is 39.3 Å². The molecule has 156 valence electrons. The number of carbonyl (C=O) groups is 1. The zero-order valence-corrected chi connectivity index (χ0v) is 17.6. The molecule has 1 aliphatic carbocycles. The Morgan fingerprint density at radius 1 is 0.889 bits per heavy atom. The van der Waals surface area contributed by atoms with Crippen LogP contribution in [0.4, 0.5) is 0 Å². The molecular formula is C22H41N3O2. The van der Waals surface area contributed by atoms with Crippen molar-refractivity contribution in [1.29, 1.82) is 0 Å². The maximum atomic E-state index is 12.5. The Bertz CT molecular complexity index is 433. The molecule has 0 aromatic heterocycles. The number of ether oxygens (including phenoxy) is 1. The number of likely N-dealkylation sites (tertiary alicyclic amines) is 1. The van der Waals surface area contributed by atoms with E-state index in [1.807, 2.05) is 0 Å². The quantitative estimate of drug-likeness (QED) is 0.797. The molecule has 2 unspecified atom stereocenters. The lowest BCUT2D eigenvalue weighted by Gasteiger charge is -2.39. The number of nitrogens with one attached hydrogen (secondary N) is 1. The van der Waals surface area contributed by atoms with Gasteiger partial charge in [0.05, 0.1) is 18.8 Å². The molecular weight excluding hydrogens is 338 g/mol. The van der Waals surface area contributed by atoms with Crippen LogP contribution < -0.4 is 5.32 Å². The summed E-state index contributed by atoms with van der Waals surface area (Å²) in [5.74, 6) is 1.02. The fourth-order valence-corrected chi connectivity index (χ4v) is 5.20. The number of nitrogens with zero attached hydrogens (tertiary/aromatic N) is 2. The van der Waals surface area contributed by atoms with Crippen LogP contribution in [0.3, 0.4) is 0 Å². The molecule has 3 aliphatic rings. The van der Waals surface area contributed by atoms with E-state index in [9.17, 15) is 4.79 Å². The van der Waals surface area contributed by atoms with E-state index >= 15 is 0 Å². The van der Waals surface area contributed by atoms with Crippen LogP contribution in [0.1, 0.15) is 71.6 Å². The number of piperidine rings is 1. The van der Waals surface area contributed by atoms with E-state index in [1.54, 1.807) is 0 Å². The predicted molar refractivity (Wildman–Crippen MR) is 110 cm³/mol. The third-order valence-corrected chi connectivity index (χ3v) is 6.56. The van der Waals surface area contributed by atoms with Crippen molar-refractivity contribution in [2.45, 2.75) is 89.9 Å². The van der Waals surface area contributed by atoms with Crippen molar-refractivity contribution in [3.63, 3.8) is 0 Å². The van der Waals surface area contributed by atoms with Crippen LogP contribution in [0.5, 0.6) is 0 Å².